The highest BCUT2D eigenvalue weighted by molar-refractivity contribution is 5.77. The summed E-state index contributed by atoms with van der Waals surface area (Å²) in [5.74, 6) is -0.329. The Morgan fingerprint density at radius 2 is 1.37 bits per heavy atom. The second kappa shape index (κ2) is 19.2. The highest BCUT2D eigenvalue weighted by Gasteiger charge is 2.45. The SMILES string of the molecule is COC[C@@H]1[C@H](NC(=O)CCCCNCCCNCCCN)c2cc(OC)c(OC)cc2C(c2cc(OC)c(O)c(OC)c2)[C@H]1C=O. The van der Waals surface area contributed by atoms with E-state index in [9.17, 15) is 14.7 Å². The molecule has 1 amide bonds. The van der Waals surface area contributed by atoms with Crippen molar-refractivity contribution in [3.05, 3.63) is 41.0 Å². The van der Waals surface area contributed by atoms with Gasteiger partial charge in [0.25, 0.3) is 0 Å². The fourth-order valence-corrected chi connectivity index (χ4v) is 6.21. The number of methoxy groups -OCH3 is 5. The standard InChI is InChI=1S/C34H52N4O8/c1-42-21-26-25(20-39)32(22-16-29(45-4)34(41)30(17-22)46-5)23-18-27(43-2)28(44-3)19-24(23)33(26)38-31(40)10-6-7-12-36-14-9-15-37-13-8-11-35/h16-20,25-26,32-33,36-37,41H,6-15,21,35H2,1-5H3,(H,38,40)/t25-,26-,32?,33+/m0/s1. The summed E-state index contributed by atoms with van der Waals surface area (Å²) >= 11 is 0. The van der Waals surface area contributed by atoms with Crippen LogP contribution in [0, 0.1) is 11.8 Å². The van der Waals surface area contributed by atoms with Gasteiger partial charge in [0.1, 0.15) is 6.29 Å². The molecule has 0 radical (unpaired) electrons. The number of nitrogens with two attached hydrogens (primary N) is 1. The van der Waals surface area contributed by atoms with E-state index >= 15 is 0 Å². The van der Waals surface area contributed by atoms with Crippen LogP contribution < -0.4 is 40.6 Å². The monoisotopic (exact) mass is 644 g/mol. The molecule has 46 heavy (non-hydrogen) atoms. The van der Waals surface area contributed by atoms with Crippen LogP contribution in [0.4, 0.5) is 0 Å². The molecule has 0 saturated carbocycles. The molecule has 2 aromatic carbocycles. The van der Waals surface area contributed by atoms with Gasteiger partial charge in [-0.2, -0.15) is 0 Å². The van der Waals surface area contributed by atoms with Gasteiger partial charge in [-0.25, -0.2) is 0 Å². The molecule has 1 aliphatic carbocycles. The minimum Gasteiger partial charge on any atom is -0.502 e. The van der Waals surface area contributed by atoms with Crippen molar-refractivity contribution in [1.82, 2.24) is 16.0 Å². The summed E-state index contributed by atoms with van der Waals surface area (Å²) in [5, 5.41) is 20.6. The van der Waals surface area contributed by atoms with Crippen LogP contribution in [-0.4, -0.2) is 92.2 Å². The van der Waals surface area contributed by atoms with Crippen molar-refractivity contribution in [2.24, 2.45) is 17.6 Å². The maximum Gasteiger partial charge on any atom is 0.220 e. The molecular formula is C34H52N4O8. The van der Waals surface area contributed by atoms with Gasteiger partial charge in [-0.3, -0.25) is 4.79 Å². The lowest BCUT2D eigenvalue weighted by atomic mass is 9.64. The quantitative estimate of drug-likeness (QED) is 0.100. The Morgan fingerprint density at radius 1 is 0.804 bits per heavy atom. The van der Waals surface area contributed by atoms with Crippen LogP contribution in [0.15, 0.2) is 24.3 Å². The van der Waals surface area contributed by atoms with Crippen LogP contribution in [0.1, 0.15) is 60.8 Å². The molecule has 0 spiro atoms. The first kappa shape index (κ1) is 36.9. The molecule has 12 heteroatoms. The van der Waals surface area contributed by atoms with Gasteiger partial charge in [0, 0.05) is 31.3 Å². The molecule has 12 nitrogen and oxygen atoms in total. The predicted molar refractivity (Wildman–Crippen MR) is 176 cm³/mol. The normalized spacial score (nSPS) is 18.8. The molecule has 6 N–H and O–H groups in total. The molecule has 0 bridgehead atoms. The Bertz CT molecular complexity index is 1230. The van der Waals surface area contributed by atoms with Gasteiger partial charge in [-0.05, 0) is 99.4 Å². The number of fused-ring (bicyclic) bond motifs is 1. The summed E-state index contributed by atoms with van der Waals surface area (Å²) in [4.78, 5) is 26.3. The van der Waals surface area contributed by atoms with Crippen LogP contribution in [0.5, 0.6) is 28.7 Å². The highest BCUT2D eigenvalue weighted by Crippen LogP contribution is 2.52. The number of hydrogen-bond acceptors (Lipinski definition) is 11. The number of hydrogen-bond donors (Lipinski definition) is 5. The number of phenolic OH excluding ortho intramolecular Hbond substituents is 1. The first-order chi connectivity index (χ1) is 22.4. The molecule has 0 fully saturated rings. The molecule has 2 aromatic rings. The summed E-state index contributed by atoms with van der Waals surface area (Å²) in [6, 6.07) is 6.59. The smallest absolute Gasteiger partial charge is 0.220 e. The third kappa shape index (κ3) is 9.25. The number of rotatable bonds is 21. The number of phenols is 1. The molecule has 0 heterocycles. The van der Waals surface area contributed by atoms with Crippen molar-refractivity contribution < 1.29 is 38.4 Å². The Balaban J connectivity index is 1.86. The fourth-order valence-electron chi connectivity index (χ4n) is 6.21. The second-order valence-corrected chi connectivity index (χ2v) is 11.4. The maximum atomic E-state index is 13.4. The topological polar surface area (TPSA) is 163 Å². The fraction of sp³-hybridized carbons (Fsp3) is 0.588. The first-order valence-electron chi connectivity index (χ1n) is 15.9. The zero-order valence-electron chi connectivity index (χ0n) is 27.9. The molecule has 4 atom stereocenters. The van der Waals surface area contributed by atoms with E-state index in [0.29, 0.717) is 30.0 Å². The van der Waals surface area contributed by atoms with E-state index in [2.05, 4.69) is 16.0 Å². The van der Waals surface area contributed by atoms with Gasteiger partial charge >= 0.3 is 0 Å². The lowest BCUT2D eigenvalue weighted by Gasteiger charge is -2.43. The summed E-state index contributed by atoms with van der Waals surface area (Å²) in [6.07, 6.45) is 4.87. The van der Waals surface area contributed by atoms with Gasteiger partial charge in [0.2, 0.25) is 11.7 Å². The predicted octanol–water partition coefficient (Wildman–Crippen LogP) is 2.90. The van der Waals surface area contributed by atoms with Crippen molar-refractivity contribution >= 4 is 12.2 Å². The van der Waals surface area contributed by atoms with Crippen LogP contribution in [0.25, 0.3) is 0 Å². The van der Waals surface area contributed by atoms with E-state index in [1.165, 1.54) is 14.2 Å². The summed E-state index contributed by atoms with van der Waals surface area (Å²) in [6.45, 7) is 4.56. The Morgan fingerprint density at radius 3 is 1.91 bits per heavy atom. The second-order valence-electron chi connectivity index (χ2n) is 11.4. The molecule has 0 aliphatic heterocycles. The Labute approximate surface area is 272 Å². The van der Waals surface area contributed by atoms with Crippen molar-refractivity contribution in [2.75, 3.05) is 74.9 Å². The molecular weight excluding hydrogens is 592 g/mol. The van der Waals surface area contributed by atoms with Gasteiger partial charge in [0.15, 0.2) is 23.0 Å². The van der Waals surface area contributed by atoms with E-state index in [1.807, 2.05) is 12.1 Å². The minimum absolute atomic E-state index is 0.105. The number of aldehydes is 1. The minimum atomic E-state index is -0.608. The third-order valence-electron chi connectivity index (χ3n) is 8.53. The van der Waals surface area contributed by atoms with Gasteiger partial charge in [-0.15, -0.1) is 0 Å². The van der Waals surface area contributed by atoms with E-state index in [-0.39, 0.29) is 29.8 Å². The van der Waals surface area contributed by atoms with Crippen LogP contribution >= 0.6 is 0 Å². The number of ether oxygens (including phenoxy) is 5. The summed E-state index contributed by atoms with van der Waals surface area (Å²) in [5.41, 5.74) is 7.78. The number of benzene rings is 2. The van der Waals surface area contributed by atoms with Gasteiger partial charge in [-0.1, -0.05) is 0 Å². The number of aromatic hydroxyl groups is 1. The number of nitrogens with one attached hydrogen (secondary N) is 3. The van der Waals surface area contributed by atoms with Crippen LogP contribution in [0.2, 0.25) is 0 Å². The highest BCUT2D eigenvalue weighted by atomic mass is 16.5. The summed E-state index contributed by atoms with van der Waals surface area (Å²) in [7, 11) is 7.60. The lowest BCUT2D eigenvalue weighted by Crippen LogP contribution is -2.45. The number of carbonyl (C=O) groups is 2. The van der Waals surface area contributed by atoms with Crippen LogP contribution in [-0.2, 0) is 14.3 Å². The number of carbonyl (C=O) groups excluding carboxylic acids is 2. The molecule has 1 aliphatic rings. The van der Waals surface area contributed by atoms with Crippen LogP contribution in [0.3, 0.4) is 0 Å². The Hall–Kier alpha value is -3.58. The number of unbranched alkanes of at least 4 members (excludes halogenated alkanes) is 1. The zero-order valence-corrected chi connectivity index (χ0v) is 27.9. The van der Waals surface area contributed by atoms with Crippen molar-refractivity contribution in [2.45, 2.75) is 44.1 Å². The van der Waals surface area contributed by atoms with Crippen molar-refractivity contribution in [3.63, 3.8) is 0 Å². The first-order valence-corrected chi connectivity index (χ1v) is 15.9. The lowest BCUT2D eigenvalue weighted by molar-refractivity contribution is -0.124. The van der Waals surface area contributed by atoms with E-state index in [0.717, 1.165) is 69.3 Å². The van der Waals surface area contributed by atoms with E-state index < -0.39 is 23.8 Å². The van der Waals surface area contributed by atoms with E-state index in [4.69, 9.17) is 29.4 Å². The molecule has 0 saturated heterocycles. The molecule has 256 valence electrons. The maximum absolute atomic E-state index is 13.4. The largest absolute Gasteiger partial charge is 0.502 e. The number of amides is 1. The summed E-state index contributed by atoms with van der Waals surface area (Å²) < 4.78 is 27.8. The molecule has 3 rings (SSSR count). The molecule has 1 unspecified atom stereocenters. The van der Waals surface area contributed by atoms with Gasteiger partial charge < -0.3 is 55.3 Å². The average molecular weight is 645 g/mol. The van der Waals surface area contributed by atoms with E-state index in [1.54, 1.807) is 33.5 Å². The molecule has 0 aromatic heterocycles. The zero-order chi connectivity index (χ0) is 33.5. The van der Waals surface area contributed by atoms with Gasteiger partial charge in [0.05, 0.1) is 41.1 Å². The average Bonchev–Trinajstić information content (AvgIpc) is 3.07. The Kier molecular flexibility index (Phi) is 15.4. The third-order valence-corrected chi connectivity index (χ3v) is 8.53. The van der Waals surface area contributed by atoms with Crippen molar-refractivity contribution in [3.8, 4) is 28.7 Å². The van der Waals surface area contributed by atoms with Crippen molar-refractivity contribution in [1.29, 1.82) is 0 Å².